The fourth-order valence-corrected chi connectivity index (χ4v) is 6.07. The SMILES string of the molecule is [CH3][Sn]([CH3])([CH3])[c]1ccc(CCn2cncc2C(=O)NN2CCC2)cc1. The van der Waals surface area contributed by atoms with Crippen LogP contribution in [0.1, 0.15) is 22.5 Å². The summed E-state index contributed by atoms with van der Waals surface area (Å²) in [5.41, 5.74) is 4.85. The van der Waals surface area contributed by atoms with Crippen LogP contribution >= 0.6 is 0 Å². The molecule has 3 rings (SSSR count). The number of hydrogen-bond acceptors (Lipinski definition) is 3. The van der Waals surface area contributed by atoms with Crippen LogP contribution in [0.25, 0.3) is 0 Å². The average molecular weight is 433 g/mol. The number of aryl methyl sites for hydroxylation is 2. The zero-order valence-corrected chi connectivity index (χ0v) is 17.6. The third kappa shape index (κ3) is 4.19. The average Bonchev–Trinajstić information content (AvgIpc) is 2.97. The molecule has 0 spiro atoms. The standard InChI is InChI=1S/C15H17N4O.3CH3.Sn/c20-15(17-19-8-4-9-19)14-11-16-12-18(14)10-7-13-5-2-1-3-6-13;;;;/h2-3,5-6,11-12H,4,7-10H2,(H,17,20);3*1H3;. The Morgan fingerprint density at radius 2 is 1.92 bits per heavy atom. The number of hydrazine groups is 1. The molecule has 1 aromatic heterocycles. The fraction of sp³-hybridized carbons (Fsp3) is 0.444. The first-order valence-electron chi connectivity index (χ1n) is 8.59. The Morgan fingerprint density at radius 1 is 1.21 bits per heavy atom. The van der Waals surface area contributed by atoms with E-state index in [2.05, 4.69) is 49.5 Å². The maximum atomic E-state index is 12.3. The van der Waals surface area contributed by atoms with Crippen LogP contribution in [0.15, 0.2) is 36.8 Å². The van der Waals surface area contributed by atoms with Crippen LogP contribution in [0.3, 0.4) is 0 Å². The van der Waals surface area contributed by atoms with Gasteiger partial charge in [-0.05, 0) is 6.42 Å². The van der Waals surface area contributed by atoms with E-state index in [1.165, 1.54) is 5.56 Å². The van der Waals surface area contributed by atoms with E-state index in [1.54, 1.807) is 16.1 Å². The first-order valence-corrected chi connectivity index (χ1v) is 18.6. The Morgan fingerprint density at radius 3 is 2.50 bits per heavy atom. The summed E-state index contributed by atoms with van der Waals surface area (Å²) in [5.74, 6) is -0.0654. The molecule has 1 amide bonds. The van der Waals surface area contributed by atoms with Crippen LogP contribution in [0, 0.1) is 0 Å². The van der Waals surface area contributed by atoms with Gasteiger partial charge in [0.05, 0.1) is 0 Å². The van der Waals surface area contributed by atoms with Gasteiger partial charge >= 0.3 is 142 Å². The van der Waals surface area contributed by atoms with Crippen molar-refractivity contribution in [3.8, 4) is 0 Å². The molecule has 1 fully saturated rings. The van der Waals surface area contributed by atoms with Gasteiger partial charge in [0.25, 0.3) is 0 Å². The van der Waals surface area contributed by atoms with Crippen molar-refractivity contribution in [3.05, 3.63) is 48.0 Å². The molecule has 6 heteroatoms. The van der Waals surface area contributed by atoms with E-state index >= 15 is 0 Å². The van der Waals surface area contributed by atoms with E-state index in [1.807, 2.05) is 9.58 Å². The molecule has 1 aromatic carbocycles. The Balaban J connectivity index is 1.60. The quantitative estimate of drug-likeness (QED) is 0.710. The summed E-state index contributed by atoms with van der Waals surface area (Å²) in [6, 6.07) is 9.04. The van der Waals surface area contributed by atoms with Crippen molar-refractivity contribution >= 4 is 27.9 Å². The van der Waals surface area contributed by atoms with Gasteiger partial charge in [0, 0.05) is 0 Å². The Labute approximate surface area is 147 Å². The summed E-state index contributed by atoms with van der Waals surface area (Å²) in [7, 11) is 0. The minimum atomic E-state index is -1.97. The number of benzene rings is 1. The Bertz CT molecular complexity index is 699. The van der Waals surface area contributed by atoms with Gasteiger partial charge in [-0.1, -0.05) is 0 Å². The second kappa shape index (κ2) is 7.27. The summed E-state index contributed by atoms with van der Waals surface area (Å²) in [6.45, 7) is 2.64. The zero-order chi connectivity index (χ0) is 17.2. The number of nitrogens with zero attached hydrogens (tertiary/aromatic N) is 3. The zero-order valence-electron chi connectivity index (χ0n) is 14.7. The van der Waals surface area contributed by atoms with Gasteiger partial charge in [-0.25, -0.2) is 0 Å². The minimum absolute atomic E-state index is 0.0654. The molecule has 24 heavy (non-hydrogen) atoms. The van der Waals surface area contributed by atoms with Crippen molar-refractivity contribution in [1.82, 2.24) is 20.0 Å². The monoisotopic (exact) mass is 434 g/mol. The van der Waals surface area contributed by atoms with Gasteiger partial charge < -0.3 is 0 Å². The molecule has 2 heterocycles. The van der Waals surface area contributed by atoms with Crippen LogP contribution in [0.4, 0.5) is 0 Å². The van der Waals surface area contributed by atoms with Crippen molar-refractivity contribution < 1.29 is 4.79 Å². The summed E-state index contributed by atoms with van der Waals surface area (Å²) in [6.07, 6.45) is 5.44. The van der Waals surface area contributed by atoms with Crippen LogP contribution in [0.2, 0.25) is 14.8 Å². The second-order valence-corrected chi connectivity index (χ2v) is 21.9. The number of nitrogens with one attached hydrogen (secondary N) is 1. The first kappa shape index (κ1) is 17.5. The number of carbonyl (C=O) groups is 1. The topological polar surface area (TPSA) is 50.2 Å². The van der Waals surface area contributed by atoms with E-state index in [9.17, 15) is 4.79 Å². The summed E-state index contributed by atoms with van der Waals surface area (Å²) in [5, 5.41) is 1.94. The van der Waals surface area contributed by atoms with Crippen LogP contribution < -0.4 is 9.01 Å². The first-order chi connectivity index (χ1) is 11.4. The molecule has 2 aromatic rings. The number of hydrogen-bond donors (Lipinski definition) is 1. The molecule has 1 N–H and O–H groups in total. The summed E-state index contributed by atoms with van der Waals surface area (Å²) >= 11 is -1.97. The Hall–Kier alpha value is -1.34. The van der Waals surface area contributed by atoms with Crippen molar-refractivity contribution in [1.29, 1.82) is 0 Å². The maximum absolute atomic E-state index is 12.3. The molecule has 0 atom stereocenters. The van der Waals surface area contributed by atoms with Crippen LogP contribution in [-0.2, 0) is 13.0 Å². The molecule has 5 nitrogen and oxygen atoms in total. The molecule has 0 saturated carbocycles. The predicted molar refractivity (Wildman–Crippen MR) is 99.0 cm³/mol. The fourth-order valence-electron chi connectivity index (χ4n) is 2.74. The number of amides is 1. The van der Waals surface area contributed by atoms with Crippen molar-refractivity contribution in [2.45, 2.75) is 34.2 Å². The molecule has 0 radical (unpaired) electrons. The van der Waals surface area contributed by atoms with Crippen molar-refractivity contribution in [3.63, 3.8) is 0 Å². The van der Waals surface area contributed by atoms with E-state index in [0.717, 1.165) is 32.5 Å². The normalized spacial score (nSPS) is 15.1. The summed E-state index contributed by atoms with van der Waals surface area (Å²) in [4.78, 5) is 23.7. The molecule has 1 saturated heterocycles. The molecular formula is C18H26N4OSn. The van der Waals surface area contributed by atoms with E-state index in [0.29, 0.717) is 5.69 Å². The number of rotatable bonds is 6. The molecule has 0 unspecified atom stereocenters. The molecule has 0 aliphatic carbocycles. The number of imidazole rings is 1. The second-order valence-electron chi connectivity index (χ2n) is 7.45. The van der Waals surface area contributed by atoms with E-state index in [4.69, 9.17) is 0 Å². The summed E-state index contributed by atoms with van der Waals surface area (Å²) < 4.78 is 3.48. The van der Waals surface area contributed by atoms with Gasteiger partial charge in [-0.3, -0.25) is 0 Å². The van der Waals surface area contributed by atoms with Crippen molar-refractivity contribution in [2.24, 2.45) is 0 Å². The van der Waals surface area contributed by atoms with Gasteiger partial charge in [0.15, 0.2) is 0 Å². The van der Waals surface area contributed by atoms with Crippen molar-refractivity contribution in [2.75, 3.05) is 13.1 Å². The molecular weight excluding hydrogens is 407 g/mol. The third-order valence-electron chi connectivity index (χ3n) is 4.52. The third-order valence-corrected chi connectivity index (χ3v) is 10.4. The van der Waals surface area contributed by atoms with Gasteiger partial charge in [0.1, 0.15) is 0 Å². The number of aromatic nitrogens is 2. The predicted octanol–water partition coefficient (Wildman–Crippen LogP) is 2.02. The van der Waals surface area contributed by atoms with Gasteiger partial charge in [-0.15, -0.1) is 0 Å². The van der Waals surface area contributed by atoms with E-state index in [-0.39, 0.29) is 5.91 Å². The van der Waals surface area contributed by atoms with Gasteiger partial charge in [-0.2, -0.15) is 0 Å². The molecule has 1 aliphatic rings. The van der Waals surface area contributed by atoms with E-state index < -0.39 is 18.4 Å². The Kier molecular flexibility index (Phi) is 5.29. The van der Waals surface area contributed by atoms with Crippen LogP contribution in [0.5, 0.6) is 0 Å². The van der Waals surface area contributed by atoms with Crippen LogP contribution in [-0.4, -0.2) is 51.9 Å². The molecule has 0 bridgehead atoms. The molecule has 128 valence electrons. The van der Waals surface area contributed by atoms with Gasteiger partial charge in [0.2, 0.25) is 0 Å². The molecule has 1 aliphatic heterocycles. The number of carbonyl (C=O) groups excluding carboxylic acids is 1.